The minimum absolute atomic E-state index is 0.0333. The second-order valence-corrected chi connectivity index (χ2v) is 7.22. The molecule has 6 nitrogen and oxygen atoms in total. The van der Waals surface area contributed by atoms with Crippen LogP contribution in [0, 0.1) is 0 Å². The van der Waals surface area contributed by atoms with Crippen LogP contribution >= 0.6 is 0 Å². The number of halogens is 3. The van der Waals surface area contributed by atoms with Crippen LogP contribution in [0.3, 0.4) is 0 Å². The van der Waals surface area contributed by atoms with Gasteiger partial charge in [0.15, 0.2) is 0 Å². The molecule has 154 valence electrons. The standard InChI is InChI=1S/C19H24F3N3O3/c20-19(21,22)16-11-17(27)23-14-6-1-2-7-15(14)25(16)18(28)12-24-9-4-3-5-13(24)8-10-26/h1-2,6-7,13,16,26H,3-5,8-12H2,(H,23,27). The van der Waals surface area contributed by atoms with Gasteiger partial charge in [0, 0.05) is 12.6 Å². The SMILES string of the molecule is O=C1CC(C(F)(F)F)N(C(=O)CN2CCCCC2CCO)c2ccccc2N1. The van der Waals surface area contributed by atoms with E-state index in [9.17, 15) is 27.9 Å². The third-order valence-electron chi connectivity index (χ3n) is 5.32. The van der Waals surface area contributed by atoms with E-state index >= 15 is 0 Å². The van der Waals surface area contributed by atoms with Crippen molar-refractivity contribution in [3.8, 4) is 0 Å². The Morgan fingerprint density at radius 3 is 2.71 bits per heavy atom. The number of aliphatic hydroxyl groups is 1. The highest BCUT2D eigenvalue weighted by Gasteiger charge is 2.49. The molecule has 0 aliphatic carbocycles. The van der Waals surface area contributed by atoms with Crippen LogP contribution in [0.1, 0.15) is 32.1 Å². The number of nitrogens with zero attached hydrogens (tertiary/aromatic N) is 2. The molecule has 0 aromatic heterocycles. The molecule has 28 heavy (non-hydrogen) atoms. The summed E-state index contributed by atoms with van der Waals surface area (Å²) in [6, 6.07) is 3.79. The molecule has 2 atom stereocenters. The number of amides is 2. The molecule has 0 bridgehead atoms. The second kappa shape index (κ2) is 8.48. The topological polar surface area (TPSA) is 72.9 Å². The van der Waals surface area contributed by atoms with Gasteiger partial charge in [-0.2, -0.15) is 13.2 Å². The molecule has 1 saturated heterocycles. The smallest absolute Gasteiger partial charge is 0.396 e. The first kappa shape index (κ1) is 20.6. The zero-order chi connectivity index (χ0) is 20.3. The van der Waals surface area contributed by atoms with Gasteiger partial charge in [0.25, 0.3) is 0 Å². The molecule has 0 spiro atoms. The van der Waals surface area contributed by atoms with E-state index in [1.807, 2.05) is 4.90 Å². The zero-order valence-corrected chi connectivity index (χ0v) is 15.4. The van der Waals surface area contributed by atoms with Gasteiger partial charge in [0.05, 0.1) is 24.3 Å². The first-order valence-corrected chi connectivity index (χ1v) is 9.44. The maximum Gasteiger partial charge on any atom is 0.409 e. The van der Waals surface area contributed by atoms with Crippen molar-refractivity contribution in [1.82, 2.24) is 4.90 Å². The number of piperidine rings is 1. The number of aliphatic hydroxyl groups excluding tert-OH is 1. The lowest BCUT2D eigenvalue weighted by atomic mass is 9.99. The first-order chi connectivity index (χ1) is 13.3. The third kappa shape index (κ3) is 4.47. The molecule has 1 aromatic rings. The lowest BCUT2D eigenvalue weighted by Gasteiger charge is -2.38. The highest BCUT2D eigenvalue weighted by Crippen LogP contribution is 2.38. The van der Waals surface area contributed by atoms with Gasteiger partial charge >= 0.3 is 6.18 Å². The molecule has 9 heteroatoms. The number of anilines is 2. The minimum atomic E-state index is -4.74. The van der Waals surface area contributed by atoms with Gasteiger partial charge in [0.1, 0.15) is 6.04 Å². The Hall–Kier alpha value is -2.13. The number of fused-ring (bicyclic) bond motifs is 1. The van der Waals surface area contributed by atoms with Gasteiger partial charge in [-0.3, -0.25) is 19.4 Å². The van der Waals surface area contributed by atoms with Crippen LogP contribution in [0.5, 0.6) is 0 Å². The van der Waals surface area contributed by atoms with Crippen molar-refractivity contribution in [1.29, 1.82) is 0 Å². The van der Waals surface area contributed by atoms with Crippen molar-refractivity contribution >= 4 is 23.2 Å². The number of likely N-dealkylation sites (tertiary alicyclic amines) is 1. The summed E-state index contributed by atoms with van der Waals surface area (Å²) in [5.41, 5.74) is 0.245. The molecule has 0 saturated carbocycles. The summed E-state index contributed by atoms with van der Waals surface area (Å²) >= 11 is 0. The van der Waals surface area contributed by atoms with E-state index in [4.69, 9.17) is 0 Å². The fourth-order valence-corrected chi connectivity index (χ4v) is 3.99. The number of hydrogen-bond acceptors (Lipinski definition) is 4. The van der Waals surface area contributed by atoms with E-state index in [1.165, 1.54) is 12.1 Å². The number of alkyl halides is 3. The molecule has 1 fully saturated rings. The molecule has 2 amide bonds. The summed E-state index contributed by atoms with van der Waals surface area (Å²) in [5.74, 6) is -1.47. The molecule has 2 N–H and O–H groups in total. The Morgan fingerprint density at radius 2 is 2.00 bits per heavy atom. The number of nitrogens with one attached hydrogen (secondary N) is 1. The third-order valence-corrected chi connectivity index (χ3v) is 5.32. The van der Waals surface area contributed by atoms with Crippen LogP contribution in [0.25, 0.3) is 0 Å². The monoisotopic (exact) mass is 399 g/mol. The molecule has 1 aromatic carbocycles. The van der Waals surface area contributed by atoms with Crippen molar-refractivity contribution in [3.05, 3.63) is 24.3 Å². The van der Waals surface area contributed by atoms with Gasteiger partial charge in [-0.05, 0) is 37.9 Å². The quantitative estimate of drug-likeness (QED) is 0.816. The summed E-state index contributed by atoms with van der Waals surface area (Å²) in [5, 5.41) is 11.7. The summed E-state index contributed by atoms with van der Waals surface area (Å²) in [6.07, 6.45) is -2.49. The van der Waals surface area contributed by atoms with Gasteiger partial charge in [-0.1, -0.05) is 18.6 Å². The molecule has 2 unspecified atom stereocenters. The van der Waals surface area contributed by atoms with Gasteiger partial charge in [-0.25, -0.2) is 0 Å². The van der Waals surface area contributed by atoms with E-state index in [1.54, 1.807) is 12.1 Å². The Bertz CT molecular complexity index is 724. The first-order valence-electron chi connectivity index (χ1n) is 9.44. The largest absolute Gasteiger partial charge is 0.409 e. The van der Waals surface area contributed by atoms with Crippen LogP contribution in [0.2, 0.25) is 0 Å². The van der Waals surface area contributed by atoms with Crippen LogP contribution in [0.15, 0.2) is 24.3 Å². The van der Waals surface area contributed by atoms with E-state index < -0.39 is 30.5 Å². The van der Waals surface area contributed by atoms with Gasteiger partial charge in [-0.15, -0.1) is 0 Å². The van der Waals surface area contributed by atoms with E-state index in [0.717, 1.165) is 24.2 Å². The fraction of sp³-hybridized carbons (Fsp3) is 0.579. The van der Waals surface area contributed by atoms with Crippen LogP contribution < -0.4 is 10.2 Å². The number of hydrogen-bond donors (Lipinski definition) is 2. The van der Waals surface area contributed by atoms with Crippen LogP contribution in [-0.2, 0) is 9.59 Å². The highest BCUT2D eigenvalue weighted by atomic mass is 19.4. The fourth-order valence-electron chi connectivity index (χ4n) is 3.99. The molecular formula is C19H24F3N3O3. The normalized spacial score (nSPS) is 23.7. The van der Waals surface area contributed by atoms with Crippen molar-refractivity contribution in [3.63, 3.8) is 0 Å². The van der Waals surface area contributed by atoms with Gasteiger partial charge in [0.2, 0.25) is 11.8 Å². The zero-order valence-electron chi connectivity index (χ0n) is 15.4. The highest BCUT2D eigenvalue weighted by molar-refractivity contribution is 6.05. The summed E-state index contributed by atoms with van der Waals surface area (Å²) in [4.78, 5) is 27.7. The number of carbonyl (C=O) groups is 2. The van der Waals surface area contributed by atoms with Gasteiger partial charge < -0.3 is 10.4 Å². The van der Waals surface area contributed by atoms with Crippen LogP contribution in [-0.4, -0.2) is 59.8 Å². The lowest BCUT2D eigenvalue weighted by molar-refractivity contribution is -0.158. The minimum Gasteiger partial charge on any atom is -0.396 e. The summed E-state index contributed by atoms with van der Waals surface area (Å²) < 4.78 is 41.3. The predicted octanol–water partition coefficient (Wildman–Crippen LogP) is 2.53. The molecule has 2 aliphatic rings. The number of carbonyl (C=O) groups excluding carboxylic acids is 2. The number of rotatable bonds is 4. The van der Waals surface area contributed by atoms with Crippen LogP contribution in [0.4, 0.5) is 24.5 Å². The Morgan fingerprint density at radius 1 is 1.25 bits per heavy atom. The Kier molecular flexibility index (Phi) is 6.24. The average molecular weight is 399 g/mol. The maximum atomic E-state index is 13.8. The maximum absolute atomic E-state index is 13.8. The molecule has 2 aliphatic heterocycles. The van der Waals surface area contributed by atoms with Crippen molar-refractivity contribution in [2.45, 2.75) is 50.4 Å². The summed E-state index contributed by atoms with van der Waals surface area (Å²) in [7, 11) is 0. The Labute approximate surface area is 161 Å². The van der Waals surface area contributed by atoms with Crippen molar-refractivity contribution in [2.24, 2.45) is 0 Å². The van der Waals surface area contributed by atoms with Crippen molar-refractivity contribution in [2.75, 3.05) is 29.9 Å². The molecule has 0 radical (unpaired) electrons. The molecule has 2 heterocycles. The number of benzene rings is 1. The molecular weight excluding hydrogens is 375 g/mol. The summed E-state index contributed by atoms with van der Waals surface area (Å²) in [6.45, 7) is 0.380. The van der Waals surface area contributed by atoms with E-state index in [2.05, 4.69) is 5.32 Å². The molecule has 3 rings (SSSR count). The predicted molar refractivity (Wildman–Crippen MR) is 97.9 cm³/mol. The lowest BCUT2D eigenvalue weighted by Crippen LogP contribution is -2.54. The number of para-hydroxylation sites is 2. The van der Waals surface area contributed by atoms with Crippen molar-refractivity contribution < 1.29 is 27.9 Å². The van der Waals surface area contributed by atoms with E-state index in [-0.39, 0.29) is 30.6 Å². The second-order valence-electron chi connectivity index (χ2n) is 7.22. The average Bonchev–Trinajstić information content (AvgIpc) is 2.79. The Balaban J connectivity index is 1.92. The van der Waals surface area contributed by atoms with E-state index in [0.29, 0.717) is 13.0 Å².